The molecule has 1 fully saturated rings. The molecule has 3 heterocycles. The number of aryl methyl sites for hydroxylation is 2. The van der Waals surface area contributed by atoms with Crippen LogP contribution in [-0.2, 0) is 6.54 Å². The second-order valence-corrected chi connectivity index (χ2v) is 6.40. The SMILES string of the molecule is COc1nccc(CNC(=O)N2CCC(n3c(C)ccc3C)CC2)n1. The van der Waals surface area contributed by atoms with Gasteiger partial charge in [0.2, 0.25) is 0 Å². The molecule has 0 aliphatic carbocycles. The van der Waals surface area contributed by atoms with Crippen LogP contribution in [0, 0.1) is 13.8 Å². The first-order valence-electron chi connectivity index (χ1n) is 8.61. The van der Waals surface area contributed by atoms with Crippen molar-refractivity contribution < 1.29 is 9.53 Å². The molecule has 1 saturated heterocycles. The summed E-state index contributed by atoms with van der Waals surface area (Å²) < 4.78 is 7.39. The molecule has 2 aromatic heterocycles. The number of nitrogens with one attached hydrogen (secondary N) is 1. The summed E-state index contributed by atoms with van der Waals surface area (Å²) in [5.41, 5.74) is 3.31. The summed E-state index contributed by atoms with van der Waals surface area (Å²) in [7, 11) is 1.52. The maximum absolute atomic E-state index is 12.4. The van der Waals surface area contributed by atoms with Crippen molar-refractivity contribution >= 4 is 6.03 Å². The van der Waals surface area contributed by atoms with Gasteiger partial charge in [-0.3, -0.25) is 0 Å². The summed E-state index contributed by atoms with van der Waals surface area (Å²) in [5, 5.41) is 2.93. The molecule has 0 saturated carbocycles. The number of amides is 2. The zero-order valence-electron chi connectivity index (χ0n) is 15.0. The third kappa shape index (κ3) is 3.92. The third-order valence-electron chi connectivity index (χ3n) is 4.74. The van der Waals surface area contributed by atoms with E-state index in [1.807, 2.05) is 4.90 Å². The Morgan fingerprint density at radius 2 is 1.92 bits per heavy atom. The van der Waals surface area contributed by atoms with E-state index in [0.29, 0.717) is 18.6 Å². The molecular formula is C18H25N5O2. The number of aromatic nitrogens is 3. The zero-order valence-corrected chi connectivity index (χ0v) is 15.0. The van der Waals surface area contributed by atoms with Crippen molar-refractivity contribution in [1.82, 2.24) is 24.8 Å². The summed E-state index contributed by atoms with van der Waals surface area (Å²) >= 11 is 0. The van der Waals surface area contributed by atoms with Crippen LogP contribution in [0.4, 0.5) is 4.79 Å². The lowest BCUT2D eigenvalue weighted by Gasteiger charge is -2.34. The smallest absolute Gasteiger partial charge is 0.317 e. The van der Waals surface area contributed by atoms with Crippen LogP contribution in [0.2, 0.25) is 0 Å². The Hall–Kier alpha value is -2.57. The van der Waals surface area contributed by atoms with E-state index >= 15 is 0 Å². The van der Waals surface area contributed by atoms with E-state index < -0.39 is 0 Å². The Morgan fingerprint density at radius 3 is 2.56 bits per heavy atom. The predicted molar refractivity (Wildman–Crippen MR) is 94.6 cm³/mol. The summed E-state index contributed by atoms with van der Waals surface area (Å²) in [6, 6.07) is 6.83. The van der Waals surface area contributed by atoms with Crippen LogP contribution >= 0.6 is 0 Å². The van der Waals surface area contributed by atoms with Gasteiger partial charge in [0.1, 0.15) is 0 Å². The Bertz CT molecular complexity index is 715. The minimum absolute atomic E-state index is 0.0445. The first-order chi connectivity index (χ1) is 12.1. The van der Waals surface area contributed by atoms with Crippen LogP contribution in [0.3, 0.4) is 0 Å². The fraction of sp³-hybridized carbons (Fsp3) is 0.500. The molecule has 2 aromatic rings. The van der Waals surface area contributed by atoms with Crippen molar-refractivity contribution in [3.8, 4) is 6.01 Å². The monoisotopic (exact) mass is 343 g/mol. The molecule has 7 heteroatoms. The van der Waals surface area contributed by atoms with Crippen LogP contribution in [0.1, 0.15) is 36.0 Å². The lowest BCUT2D eigenvalue weighted by atomic mass is 10.0. The lowest BCUT2D eigenvalue weighted by Crippen LogP contribution is -2.44. The molecule has 134 valence electrons. The summed E-state index contributed by atoms with van der Waals surface area (Å²) in [6.45, 7) is 6.18. The van der Waals surface area contributed by atoms with E-state index in [9.17, 15) is 4.79 Å². The standard InChI is InChI=1S/C18H25N5O2/c1-13-4-5-14(2)23(13)16-7-10-22(11-8-16)18(24)20-12-15-6-9-19-17(21-15)25-3/h4-6,9,16H,7-8,10-12H2,1-3H3,(H,20,24). The molecule has 1 aliphatic heterocycles. The van der Waals surface area contributed by atoms with Crippen LogP contribution in [0.15, 0.2) is 24.4 Å². The number of urea groups is 1. The number of piperidine rings is 1. The van der Waals surface area contributed by atoms with Gasteiger partial charge in [-0.15, -0.1) is 0 Å². The highest BCUT2D eigenvalue weighted by Crippen LogP contribution is 2.26. The van der Waals surface area contributed by atoms with E-state index in [4.69, 9.17) is 4.74 Å². The maximum Gasteiger partial charge on any atom is 0.317 e. The molecule has 2 amide bonds. The predicted octanol–water partition coefficient (Wildman–Crippen LogP) is 2.45. The fourth-order valence-electron chi connectivity index (χ4n) is 3.43. The molecule has 7 nitrogen and oxygen atoms in total. The molecule has 1 N–H and O–H groups in total. The molecule has 25 heavy (non-hydrogen) atoms. The van der Waals surface area contributed by atoms with Gasteiger partial charge in [-0.25, -0.2) is 9.78 Å². The van der Waals surface area contributed by atoms with Crippen molar-refractivity contribution in [1.29, 1.82) is 0 Å². The molecule has 0 unspecified atom stereocenters. The second kappa shape index (κ2) is 7.55. The number of likely N-dealkylation sites (tertiary alicyclic amines) is 1. The second-order valence-electron chi connectivity index (χ2n) is 6.40. The number of methoxy groups -OCH3 is 1. The summed E-state index contributed by atoms with van der Waals surface area (Å²) in [4.78, 5) is 22.4. The molecule has 0 radical (unpaired) electrons. The van der Waals surface area contributed by atoms with Crippen molar-refractivity contribution in [2.45, 2.75) is 39.3 Å². The van der Waals surface area contributed by atoms with Crippen molar-refractivity contribution in [3.05, 3.63) is 41.5 Å². The van der Waals surface area contributed by atoms with Gasteiger partial charge in [0.05, 0.1) is 19.3 Å². The van der Waals surface area contributed by atoms with Gasteiger partial charge >= 0.3 is 12.0 Å². The van der Waals surface area contributed by atoms with Gasteiger partial charge in [-0.1, -0.05) is 0 Å². The maximum atomic E-state index is 12.4. The van der Waals surface area contributed by atoms with E-state index in [0.717, 1.165) is 31.6 Å². The van der Waals surface area contributed by atoms with Crippen LogP contribution in [0.25, 0.3) is 0 Å². The number of nitrogens with zero attached hydrogens (tertiary/aromatic N) is 4. The number of hydrogen-bond donors (Lipinski definition) is 1. The largest absolute Gasteiger partial charge is 0.467 e. The van der Waals surface area contributed by atoms with Gasteiger partial charge in [0.25, 0.3) is 0 Å². The van der Waals surface area contributed by atoms with Crippen LogP contribution in [-0.4, -0.2) is 45.7 Å². The topological polar surface area (TPSA) is 72.3 Å². The quantitative estimate of drug-likeness (QED) is 0.925. The minimum Gasteiger partial charge on any atom is -0.467 e. The Labute approximate surface area is 148 Å². The first kappa shape index (κ1) is 17.3. The summed E-state index contributed by atoms with van der Waals surface area (Å²) in [6.07, 6.45) is 3.58. The van der Waals surface area contributed by atoms with E-state index in [2.05, 4.69) is 45.8 Å². The van der Waals surface area contributed by atoms with E-state index in [1.165, 1.54) is 18.5 Å². The Morgan fingerprint density at radius 1 is 1.24 bits per heavy atom. The molecule has 0 aromatic carbocycles. The molecule has 1 aliphatic rings. The van der Waals surface area contributed by atoms with Gasteiger partial charge < -0.3 is 19.5 Å². The number of ether oxygens (including phenoxy) is 1. The van der Waals surface area contributed by atoms with Crippen molar-refractivity contribution in [2.24, 2.45) is 0 Å². The zero-order chi connectivity index (χ0) is 17.8. The van der Waals surface area contributed by atoms with E-state index in [-0.39, 0.29) is 6.03 Å². The average molecular weight is 343 g/mol. The van der Waals surface area contributed by atoms with Crippen molar-refractivity contribution in [2.75, 3.05) is 20.2 Å². The van der Waals surface area contributed by atoms with Gasteiger partial charge in [-0.05, 0) is 44.9 Å². The Kier molecular flexibility index (Phi) is 5.21. The Balaban J connectivity index is 1.51. The normalized spacial score (nSPS) is 15.2. The highest BCUT2D eigenvalue weighted by Gasteiger charge is 2.24. The third-order valence-corrected chi connectivity index (χ3v) is 4.74. The number of carbonyl (C=O) groups is 1. The molecule has 3 rings (SSSR count). The van der Waals surface area contributed by atoms with E-state index in [1.54, 1.807) is 12.3 Å². The fourth-order valence-corrected chi connectivity index (χ4v) is 3.43. The van der Waals surface area contributed by atoms with Crippen molar-refractivity contribution in [3.63, 3.8) is 0 Å². The van der Waals surface area contributed by atoms with Crippen LogP contribution in [0.5, 0.6) is 6.01 Å². The summed E-state index contributed by atoms with van der Waals surface area (Å²) in [5.74, 6) is 0. The number of rotatable bonds is 4. The molecule has 0 atom stereocenters. The van der Waals surface area contributed by atoms with Gasteiger partial charge in [-0.2, -0.15) is 4.98 Å². The lowest BCUT2D eigenvalue weighted by molar-refractivity contribution is 0.170. The number of carbonyl (C=O) groups excluding carboxylic acids is 1. The van der Waals surface area contributed by atoms with Gasteiger partial charge in [0, 0.05) is 36.7 Å². The highest BCUT2D eigenvalue weighted by atomic mass is 16.5. The molecule has 0 bridgehead atoms. The van der Waals surface area contributed by atoms with Crippen LogP contribution < -0.4 is 10.1 Å². The molecular weight excluding hydrogens is 318 g/mol. The molecule has 0 spiro atoms. The number of hydrogen-bond acceptors (Lipinski definition) is 4. The highest BCUT2D eigenvalue weighted by molar-refractivity contribution is 5.74. The average Bonchev–Trinajstić information content (AvgIpc) is 2.98. The minimum atomic E-state index is -0.0445. The first-order valence-corrected chi connectivity index (χ1v) is 8.61. The van der Waals surface area contributed by atoms with Gasteiger partial charge in [0.15, 0.2) is 0 Å².